The van der Waals surface area contributed by atoms with Gasteiger partial charge in [-0.3, -0.25) is 0 Å². The second-order valence-corrected chi connectivity index (χ2v) is 9.40. The van der Waals surface area contributed by atoms with Gasteiger partial charge in [-0.15, -0.1) is 4.73 Å². The van der Waals surface area contributed by atoms with Crippen molar-refractivity contribution in [2.24, 2.45) is 0 Å². The highest BCUT2D eigenvalue weighted by Crippen LogP contribution is 2.30. The lowest BCUT2D eigenvalue weighted by atomic mass is 10.1. The Morgan fingerprint density at radius 3 is 2.46 bits per heavy atom. The zero-order valence-electron chi connectivity index (χ0n) is 20.5. The minimum Gasteiger partial charge on any atom is -0.492 e. The van der Waals surface area contributed by atoms with Gasteiger partial charge in [-0.25, -0.2) is 14.3 Å². The number of hydrogen-bond donors (Lipinski definition) is 3. The van der Waals surface area contributed by atoms with E-state index in [0.29, 0.717) is 34.2 Å². The zero-order chi connectivity index (χ0) is 27.5. The quantitative estimate of drug-likeness (QED) is 0.197. The molecular formula is C27H22N3O8P+2. The van der Waals surface area contributed by atoms with Crippen LogP contribution < -0.4 is 19.4 Å². The van der Waals surface area contributed by atoms with E-state index < -0.39 is 25.8 Å². The molecule has 0 aliphatic heterocycles. The third-order valence-corrected chi connectivity index (χ3v) is 6.57. The van der Waals surface area contributed by atoms with Gasteiger partial charge in [0, 0.05) is 47.0 Å². The molecule has 0 amide bonds. The second kappa shape index (κ2) is 10.8. The van der Waals surface area contributed by atoms with Crippen LogP contribution in [-0.4, -0.2) is 37.9 Å². The fourth-order valence-electron chi connectivity index (χ4n) is 3.88. The number of methoxy groups -OCH3 is 1. The monoisotopic (exact) mass is 547 g/mol. The van der Waals surface area contributed by atoms with Crippen molar-refractivity contribution in [2.75, 3.05) is 7.11 Å². The summed E-state index contributed by atoms with van der Waals surface area (Å²) in [5.41, 5.74) is 2.38. The first-order valence-electron chi connectivity index (χ1n) is 11.5. The second-order valence-electron chi connectivity index (χ2n) is 8.37. The van der Waals surface area contributed by atoms with Crippen LogP contribution in [0.25, 0.3) is 22.8 Å². The Hall–Kier alpha value is -4.99. The van der Waals surface area contributed by atoms with Gasteiger partial charge in [-0.2, -0.15) is 4.89 Å². The molecule has 39 heavy (non-hydrogen) atoms. The van der Waals surface area contributed by atoms with Crippen molar-refractivity contribution in [1.29, 1.82) is 0 Å². The molecule has 12 heteroatoms. The molecule has 1 atom stereocenters. The van der Waals surface area contributed by atoms with Crippen LogP contribution in [0.5, 0.6) is 17.5 Å². The van der Waals surface area contributed by atoms with E-state index in [0.717, 1.165) is 11.1 Å². The Morgan fingerprint density at radius 1 is 1.03 bits per heavy atom. The van der Waals surface area contributed by atoms with Crippen molar-refractivity contribution in [3.8, 4) is 40.3 Å². The number of aromatic hydroxyl groups is 2. The van der Waals surface area contributed by atoms with Gasteiger partial charge in [-0.1, -0.05) is 12.1 Å². The third kappa shape index (κ3) is 5.49. The molecule has 0 radical (unpaired) electrons. The molecule has 0 saturated heterocycles. The number of hydrogen-bond acceptors (Lipinski definition) is 8. The van der Waals surface area contributed by atoms with Crippen LogP contribution in [0.4, 0.5) is 0 Å². The molecule has 5 aromatic rings. The van der Waals surface area contributed by atoms with E-state index in [-0.39, 0.29) is 10.9 Å². The van der Waals surface area contributed by atoms with E-state index in [2.05, 4.69) is 4.98 Å². The molecule has 11 nitrogen and oxygen atoms in total. The van der Waals surface area contributed by atoms with E-state index >= 15 is 0 Å². The topological polar surface area (TPSA) is 148 Å². The maximum Gasteiger partial charge on any atom is 0.550 e. The number of carbonyl (C=O) groups is 1. The van der Waals surface area contributed by atoms with E-state index in [1.54, 1.807) is 36.5 Å². The molecule has 0 bridgehead atoms. The van der Waals surface area contributed by atoms with Crippen LogP contribution in [0.15, 0.2) is 89.7 Å². The van der Waals surface area contributed by atoms with Crippen LogP contribution in [0.2, 0.25) is 0 Å². The lowest BCUT2D eigenvalue weighted by molar-refractivity contribution is -0.688. The molecule has 0 aliphatic carbocycles. The van der Waals surface area contributed by atoms with Gasteiger partial charge in [0.2, 0.25) is 17.7 Å². The first-order valence-corrected chi connectivity index (χ1v) is 12.7. The number of benzene rings is 2. The van der Waals surface area contributed by atoms with Crippen LogP contribution in [0.3, 0.4) is 0 Å². The van der Waals surface area contributed by atoms with Crippen LogP contribution >= 0.6 is 8.03 Å². The Labute approximate surface area is 222 Å². The summed E-state index contributed by atoms with van der Waals surface area (Å²) in [5, 5.41) is 19.5. The molecule has 3 aromatic heterocycles. The van der Waals surface area contributed by atoms with E-state index in [9.17, 15) is 24.5 Å². The lowest BCUT2D eigenvalue weighted by Crippen LogP contribution is -2.33. The number of carbonyl (C=O) groups excluding carboxylic acids is 1. The molecule has 0 fully saturated rings. The molecular weight excluding hydrogens is 525 g/mol. The fraction of sp³-hybridized carbons (Fsp3) is 0.0741. The largest absolute Gasteiger partial charge is 0.550 e. The molecule has 3 heterocycles. The summed E-state index contributed by atoms with van der Waals surface area (Å²) >= 11 is 0. The normalized spacial score (nSPS) is 11.3. The first kappa shape index (κ1) is 25.7. The Bertz CT molecular complexity index is 1660. The standard InChI is InChI=1S/C27H20N3O8P/c1-36-21-6-5-19(14-23(21)39(34)35)22-15-28-26(37-22)18-9-11-29(12-10-18)16-17-3-2-4-20(13-17)27(33)38-30-24(31)7-8-25(30)32/h2-15,28H,16H2,1H3/p+2. The first-order chi connectivity index (χ1) is 18.8. The van der Waals surface area contributed by atoms with Crippen molar-refractivity contribution in [2.45, 2.75) is 6.54 Å². The SMILES string of the molecule is COc1ccc(-c2cnc(-c3cc[n+](Cc4cccc(C(=O)On5c(O)ccc5O)c4)cc3)o2)cc1[P+](=O)O. The van der Waals surface area contributed by atoms with Gasteiger partial charge >= 0.3 is 14.0 Å². The van der Waals surface area contributed by atoms with E-state index in [1.807, 2.05) is 35.2 Å². The summed E-state index contributed by atoms with van der Waals surface area (Å²) < 4.78 is 25.2. The Balaban J connectivity index is 1.29. The van der Waals surface area contributed by atoms with Crippen LogP contribution in [0, 0.1) is 0 Å². The summed E-state index contributed by atoms with van der Waals surface area (Å²) in [7, 11) is -1.16. The predicted molar refractivity (Wildman–Crippen MR) is 138 cm³/mol. The molecule has 2 aromatic carbocycles. The minimum absolute atomic E-state index is 0.169. The van der Waals surface area contributed by atoms with Crippen molar-refractivity contribution < 1.29 is 43.0 Å². The molecule has 0 spiro atoms. The molecule has 0 aliphatic rings. The summed E-state index contributed by atoms with van der Waals surface area (Å²) in [5.74, 6) is -0.412. The number of ether oxygens (including phenoxy) is 1. The third-order valence-electron chi connectivity index (χ3n) is 5.81. The van der Waals surface area contributed by atoms with Crippen molar-refractivity contribution >= 4 is 19.3 Å². The molecule has 3 N–H and O–H groups in total. The maximum atomic E-state index is 12.5. The summed E-state index contributed by atoms with van der Waals surface area (Å²) in [6.07, 6.45) is 5.22. The zero-order valence-corrected chi connectivity index (χ0v) is 21.4. The molecule has 0 saturated carbocycles. The summed E-state index contributed by atoms with van der Waals surface area (Å²) in [4.78, 5) is 31.5. The predicted octanol–water partition coefficient (Wildman–Crippen LogP) is 3.19. The minimum atomic E-state index is -2.60. The van der Waals surface area contributed by atoms with E-state index in [4.69, 9.17) is 14.0 Å². The van der Waals surface area contributed by atoms with E-state index in [1.165, 1.54) is 25.3 Å². The summed E-state index contributed by atoms with van der Waals surface area (Å²) in [6.45, 7) is 0.451. The van der Waals surface area contributed by atoms with Gasteiger partial charge in [0.05, 0.1) is 18.9 Å². The van der Waals surface area contributed by atoms with Gasteiger partial charge in [0.25, 0.3) is 5.30 Å². The number of nitrogens with zero attached hydrogens (tertiary/aromatic N) is 3. The van der Waals surface area contributed by atoms with Crippen LogP contribution in [-0.2, 0) is 11.1 Å². The average Bonchev–Trinajstić information content (AvgIpc) is 3.56. The number of aromatic nitrogens is 3. The Morgan fingerprint density at radius 2 is 1.77 bits per heavy atom. The maximum absolute atomic E-state index is 12.5. The summed E-state index contributed by atoms with van der Waals surface area (Å²) in [6, 6.07) is 17.7. The molecule has 5 rings (SSSR count). The highest BCUT2D eigenvalue weighted by Gasteiger charge is 2.24. The highest BCUT2D eigenvalue weighted by molar-refractivity contribution is 7.47. The van der Waals surface area contributed by atoms with Crippen LogP contribution in [0.1, 0.15) is 15.9 Å². The van der Waals surface area contributed by atoms with Gasteiger partial charge in [-0.05, 0) is 28.8 Å². The van der Waals surface area contributed by atoms with Crippen molar-refractivity contribution in [3.63, 3.8) is 0 Å². The lowest BCUT2D eigenvalue weighted by Gasteiger charge is -2.07. The van der Waals surface area contributed by atoms with Gasteiger partial charge < -0.3 is 24.2 Å². The number of rotatable bonds is 8. The molecule has 1 unspecified atom stereocenters. The Kier molecular flexibility index (Phi) is 7.09. The number of pyridine rings is 1. The fourth-order valence-corrected chi connectivity index (χ4v) is 4.48. The molecule has 196 valence electrons. The highest BCUT2D eigenvalue weighted by atomic mass is 31.1. The smallest absolute Gasteiger partial charge is 0.492 e. The number of oxazole rings is 1. The van der Waals surface area contributed by atoms with Crippen molar-refractivity contribution in [3.05, 3.63) is 96.4 Å². The van der Waals surface area contributed by atoms with Crippen molar-refractivity contribution in [1.82, 2.24) is 9.71 Å². The average molecular weight is 547 g/mol. The van der Waals surface area contributed by atoms with Gasteiger partial charge in [0.15, 0.2) is 30.4 Å². The van der Waals surface area contributed by atoms with Gasteiger partial charge in [0.1, 0.15) is 0 Å².